The molecule has 0 aliphatic carbocycles. The molecular formula is C29H24N2O2S. The average molecular weight is 465 g/mol. The first-order valence-electron chi connectivity index (χ1n) is 11.4. The topological polar surface area (TPSA) is 34.1 Å². The van der Waals surface area contributed by atoms with Gasteiger partial charge < -0.3 is 9.57 Å². The van der Waals surface area contributed by atoms with Crippen LogP contribution in [0.25, 0.3) is 0 Å². The fourth-order valence-electron chi connectivity index (χ4n) is 4.77. The van der Waals surface area contributed by atoms with Gasteiger partial charge in [-0.2, -0.15) is 0 Å². The van der Waals surface area contributed by atoms with Crippen molar-refractivity contribution < 1.29 is 9.57 Å². The molecule has 2 aliphatic heterocycles. The summed E-state index contributed by atoms with van der Waals surface area (Å²) in [5.41, 5.74) is 3.68. The van der Waals surface area contributed by atoms with Crippen LogP contribution >= 0.6 is 11.8 Å². The first-order chi connectivity index (χ1) is 16.8. The van der Waals surface area contributed by atoms with E-state index in [1.54, 1.807) is 7.11 Å². The van der Waals surface area contributed by atoms with E-state index in [1.165, 1.54) is 10.5 Å². The van der Waals surface area contributed by atoms with Crippen LogP contribution in [0.15, 0.2) is 119 Å². The van der Waals surface area contributed by atoms with Crippen molar-refractivity contribution in [3.05, 3.63) is 126 Å². The van der Waals surface area contributed by atoms with Gasteiger partial charge in [0.2, 0.25) is 5.72 Å². The van der Waals surface area contributed by atoms with Crippen molar-refractivity contribution in [2.75, 3.05) is 12.0 Å². The number of oxime groups is 1. The van der Waals surface area contributed by atoms with Gasteiger partial charge in [0.15, 0.2) is 5.84 Å². The summed E-state index contributed by atoms with van der Waals surface area (Å²) >= 11 is 1.87. The number of nitrogens with zero attached hydrogens (tertiary/aromatic N) is 2. The lowest BCUT2D eigenvalue weighted by Crippen LogP contribution is -2.47. The highest BCUT2D eigenvalue weighted by molar-refractivity contribution is 7.99. The van der Waals surface area contributed by atoms with E-state index >= 15 is 0 Å². The number of anilines is 1. The summed E-state index contributed by atoms with van der Waals surface area (Å²) in [6, 6.07) is 37.7. The molecule has 0 bridgehead atoms. The van der Waals surface area contributed by atoms with Crippen LogP contribution in [-0.4, -0.2) is 12.9 Å². The van der Waals surface area contributed by atoms with Crippen LogP contribution in [0.2, 0.25) is 0 Å². The van der Waals surface area contributed by atoms with Crippen LogP contribution < -0.4 is 9.64 Å². The Hall–Kier alpha value is -3.70. The second kappa shape index (κ2) is 8.58. The van der Waals surface area contributed by atoms with Crippen molar-refractivity contribution >= 4 is 23.3 Å². The third-order valence-electron chi connectivity index (χ3n) is 6.44. The highest BCUT2D eigenvalue weighted by Crippen LogP contribution is 2.56. The Labute approximate surface area is 203 Å². The third kappa shape index (κ3) is 3.44. The van der Waals surface area contributed by atoms with E-state index in [4.69, 9.17) is 14.7 Å². The van der Waals surface area contributed by atoms with Crippen molar-refractivity contribution in [3.8, 4) is 5.75 Å². The second-order valence-electron chi connectivity index (χ2n) is 8.41. The maximum Gasteiger partial charge on any atom is 0.242 e. The fraction of sp³-hybridized carbons (Fsp3) is 0.138. The van der Waals surface area contributed by atoms with E-state index in [9.17, 15) is 0 Å². The fourth-order valence-corrected chi connectivity index (χ4v) is 6.11. The lowest BCUT2D eigenvalue weighted by atomic mass is 9.92. The van der Waals surface area contributed by atoms with E-state index in [-0.39, 0.29) is 5.25 Å². The molecule has 0 amide bonds. The van der Waals surface area contributed by atoms with Gasteiger partial charge in [-0.05, 0) is 29.8 Å². The molecule has 168 valence electrons. The molecular weight excluding hydrogens is 440 g/mol. The quantitative estimate of drug-likeness (QED) is 0.326. The molecule has 6 rings (SSSR count). The molecule has 4 aromatic rings. The number of rotatable bonds is 4. The normalized spacial score (nSPS) is 21.0. The minimum Gasteiger partial charge on any atom is -0.497 e. The first kappa shape index (κ1) is 20.9. The van der Waals surface area contributed by atoms with Crippen LogP contribution in [0.4, 0.5) is 5.69 Å². The van der Waals surface area contributed by atoms with E-state index in [0.717, 1.165) is 34.8 Å². The molecule has 0 aromatic heterocycles. The summed E-state index contributed by atoms with van der Waals surface area (Å²) in [5, 5.41) is 4.86. The molecule has 0 radical (unpaired) electrons. The molecule has 0 N–H and O–H groups in total. The molecule has 4 nitrogen and oxygen atoms in total. The molecule has 34 heavy (non-hydrogen) atoms. The number of amidine groups is 1. The second-order valence-corrected chi connectivity index (χ2v) is 9.65. The van der Waals surface area contributed by atoms with Gasteiger partial charge in [-0.25, -0.2) is 0 Å². The maximum atomic E-state index is 6.51. The number of benzene rings is 4. The lowest BCUT2D eigenvalue weighted by Gasteiger charge is -2.37. The van der Waals surface area contributed by atoms with Crippen LogP contribution in [0.1, 0.15) is 28.4 Å². The maximum absolute atomic E-state index is 6.51. The third-order valence-corrected chi connectivity index (χ3v) is 7.76. The Morgan fingerprint density at radius 3 is 2.26 bits per heavy atom. The number of ether oxygens (including phenoxy) is 1. The summed E-state index contributed by atoms with van der Waals surface area (Å²) in [7, 11) is 1.70. The largest absolute Gasteiger partial charge is 0.497 e. The van der Waals surface area contributed by atoms with Gasteiger partial charge in [0, 0.05) is 27.7 Å². The van der Waals surface area contributed by atoms with Gasteiger partial charge in [0.1, 0.15) is 5.75 Å². The summed E-state index contributed by atoms with van der Waals surface area (Å²) in [6.45, 7) is 0. The highest BCUT2D eigenvalue weighted by Gasteiger charge is 2.52. The van der Waals surface area contributed by atoms with Gasteiger partial charge in [-0.15, -0.1) is 11.8 Å². The van der Waals surface area contributed by atoms with Crippen molar-refractivity contribution in [1.29, 1.82) is 0 Å². The van der Waals surface area contributed by atoms with E-state index < -0.39 is 5.72 Å². The summed E-state index contributed by atoms with van der Waals surface area (Å²) in [4.78, 5) is 10.0. The molecule has 0 spiro atoms. The Morgan fingerprint density at radius 2 is 1.53 bits per heavy atom. The van der Waals surface area contributed by atoms with Crippen LogP contribution in [-0.2, 0) is 10.6 Å². The molecule has 2 aliphatic rings. The first-order valence-corrected chi connectivity index (χ1v) is 12.2. The predicted octanol–water partition coefficient (Wildman–Crippen LogP) is 6.98. The van der Waals surface area contributed by atoms with Crippen molar-refractivity contribution in [2.24, 2.45) is 5.16 Å². The number of thioether (sulfide) groups is 1. The molecule has 0 saturated heterocycles. The number of fused-ring (bicyclic) bond motifs is 3. The van der Waals surface area contributed by atoms with Crippen molar-refractivity contribution in [3.63, 3.8) is 0 Å². The monoisotopic (exact) mass is 464 g/mol. The minimum absolute atomic E-state index is 0.155. The van der Waals surface area contributed by atoms with Crippen LogP contribution in [0.3, 0.4) is 0 Å². The predicted molar refractivity (Wildman–Crippen MR) is 137 cm³/mol. The molecule has 0 saturated carbocycles. The van der Waals surface area contributed by atoms with Crippen LogP contribution in [0.5, 0.6) is 5.75 Å². The summed E-state index contributed by atoms with van der Waals surface area (Å²) in [5.74, 6) is 1.68. The molecule has 2 atom stereocenters. The average Bonchev–Trinajstić information content (AvgIpc) is 3.22. The summed E-state index contributed by atoms with van der Waals surface area (Å²) in [6.07, 6.45) is 0.725. The Morgan fingerprint density at radius 1 is 0.853 bits per heavy atom. The van der Waals surface area contributed by atoms with Crippen molar-refractivity contribution in [2.45, 2.75) is 22.3 Å². The SMILES string of the molecule is COc1ccc([C@@H]2C[C@]3(c4ccccc4)ON=C(c4ccccc4)N3c3ccccc3S2)cc1. The smallest absolute Gasteiger partial charge is 0.242 e. The number of hydrogen-bond acceptors (Lipinski definition) is 5. The van der Waals surface area contributed by atoms with E-state index in [2.05, 4.69) is 77.7 Å². The number of para-hydroxylation sites is 1. The van der Waals surface area contributed by atoms with Gasteiger partial charge >= 0.3 is 0 Å². The number of hydrogen-bond donors (Lipinski definition) is 0. The van der Waals surface area contributed by atoms with Gasteiger partial charge in [-0.3, -0.25) is 4.90 Å². The van der Waals surface area contributed by atoms with Crippen LogP contribution in [0, 0.1) is 0 Å². The highest BCUT2D eigenvalue weighted by atomic mass is 32.2. The zero-order valence-electron chi connectivity index (χ0n) is 18.8. The zero-order chi connectivity index (χ0) is 23.0. The molecule has 2 heterocycles. The number of methoxy groups -OCH3 is 1. The van der Waals surface area contributed by atoms with Crippen molar-refractivity contribution in [1.82, 2.24) is 0 Å². The standard InChI is InChI=1S/C29H24N2O2S/c1-32-24-18-16-21(17-19-24)27-20-29(23-12-6-3-7-13-23)31(25-14-8-9-15-26(25)34-27)28(30-33-29)22-10-4-2-5-11-22/h2-19,27H,20H2,1H3/t27-,29+/m0/s1. The Kier molecular flexibility index (Phi) is 5.27. The molecule has 5 heteroatoms. The van der Waals surface area contributed by atoms with E-state index in [0.29, 0.717) is 0 Å². The lowest BCUT2D eigenvalue weighted by molar-refractivity contribution is -0.0283. The Balaban J connectivity index is 1.55. The minimum atomic E-state index is -0.767. The summed E-state index contributed by atoms with van der Waals surface area (Å²) < 4.78 is 5.40. The molecule has 0 unspecified atom stereocenters. The molecule has 4 aromatic carbocycles. The Bertz CT molecular complexity index is 1330. The molecule has 0 fully saturated rings. The van der Waals surface area contributed by atoms with Gasteiger partial charge in [-0.1, -0.05) is 90.1 Å². The van der Waals surface area contributed by atoms with E-state index in [1.807, 2.05) is 48.2 Å². The van der Waals surface area contributed by atoms with Gasteiger partial charge in [0.25, 0.3) is 0 Å². The zero-order valence-corrected chi connectivity index (χ0v) is 19.6. The van der Waals surface area contributed by atoms with Gasteiger partial charge in [0.05, 0.1) is 12.8 Å².